The van der Waals surface area contributed by atoms with Gasteiger partial charge in [0, 0.05) is 25.7 Å². The van der Waals surface area contributed by atoms with Gasteiger partial charge in [-0.15, -0.1) is 0 Å². The number of hydrogen-bond acceptors (Lipinski definition) is 3. The summed E-state index contributed by atoms with van der Waals surface area (Å²) in [6.45, 7) is 1.13. The fourth-order valence-electron chi connectivity index (χ4n) is 2.89. The van der Waals surface area contributed by atoms with Gasteiger partial charge in [0.05, 0.1) is 4.90 Å². The first-order valence-corrected chi connectivity index (χ1v) is 9.04. The Morgan fingerprint density at radius 3 is 2.38 bits per heavy atom. The summed E-state index contributed by atoms with van der Waals surface area (Å²) in [5.41, 5.74) is 1.02. The number of likely N-dealkylation sites (N-methyl/N-ethyl adjacent to an activating group) is 1. The van der Waals surface area contributed by atoms with Crippen molar-refractivity contribution in [2.75, 3.05) is 26.7 Å². The molecule has 0 radical (unpaired) electrons. The highest BCUT2D eigenvalue weighted by Gasteiger charge is 2.33. The van der Waals surface area contributed by atoms with E-state index in [1.54, 1.807) is 0 Å². The first kappa shape index (κ1) is 17.0. The first-order chi connectivity index (χ1) is 11.4. The molecule has 0 bridgehead atoms. The predicted molar refractivity (Wildman–Crippen MR) is 86.9 cm³/mol. The highest BCUT2D eigenvalue weighted by atomic mass is 32.2. The van der Waals surface area contributed by atoms with Crippen LogP contribution < -0.4 is 0 Å². The maximum Gasteiger partial charge on any atom is 0.243 e. The minimum absolute atomic E-state index is 0.0833. The van der Waals surface area contributed by atoms with E-state index in [1.165, 1.54) is 4.31 Å². The van der Waals surface area contributed by atoms with Gasteiger partial charge < -0.3 is 0 Å². The van der Waals surface area contributed by atoms with Crippen LogP contribution in [-0.2, 0) is 10.0 Å². The third kappa shape index (κ3) is 3.19. The van der Waals surface area contributed by atoms with Crippen LogP contribution in [0.4, 0.5) is 8.78 Å². The molecule has 1 unspecified atom stereocenters. The average molecular weight is 352 g/mol. The topological polar surface area (TPSA) is 40.6 Å². The van der Waals surface area contributed by atoms with E-state index in [-0.39, 0.29) is 17.5 Å². The van der Waals surface area contributed by atoms with Crippen LogP contribution in [0, 0.1) is 11.6 Å². The van der Waals surface area contributed by atoms with E-state index in [0.29, 0.717) is 13.1 Å². The molecule has 0 aliphatic carbocycles. The van der Waals surface area contributed by atoms with Crippen molar-refractivity contribution in [2.24, 2.45) is 0 Å². The molecule has 0 N–H and O–H groups in total. The largest absolute Gasteiger partial charge is 0.297 e. The van der Waals surface area contributed by atoms with Gasteiger partial charge in [-0.1, -0.05) is 30.3 Å². The van der Waals surface area contributed by atoms with Crippen molar-refractivity contribution in [3.8, 4) is 0 Å². The zero-order chi connectivity index (χ0) is 17.3. The van der Waals surface area contributed by atoms with Crippen LogP contribution in [0.5, 0.6) is 0 Å². The van der Waals surface area contributed by atoms with Crippen molar-refractivity contribution in [1.82, 2.24) is 9.21 Å². The maximum absolute atomic E-state index is 13.4. The fourth-order valence-corrected chi connectivity index (χ4v) is 4.34. The van der Waals surface area contributed by atoms with E-state index >= 15 is 0 Å². The summed E-state index contributed by atoms with van der Waals surface area (Å²) >= 11 is 0. The standard InChI is InChI=1S/C17H18F2N2O2S/c1-20-9-10-21(12-17(20)13-5-3-2-4-6-13)24(22,23)14-7-8-15(18)16(19)11-14/h2-8,11,17H,9-10,12H2,1H3. The van der Waals surface area contributed by atoms with Crippen LogP contribution in [0.1, 0.15) is 11.6 Å². The molecule has 4 nitrogen and oxygen atoms in total. The van der Waals surface area contributed by atoms with E-state index in [0.717, 1.165) is 23.8 Å². The molecule has 0 spiro atoms. The lowest BCUT2D eigenvalue weighted by atomic mass is 10.0. The van der Waals surface area contributed by atoms with Gasteiger partial charge in [0.25, 0.3) is 0 Å². The van der Waals surface area contributed by atoms with Gasteiger partial charge >= 0.3 is 0 Å². The zero-order valence-corrected chi connectivity index (χ0v) is 14.0. The third-order valence-electron chi connectivity index (χ3n) is 4.32. The summed E-state index contributed by atoms with van der Waals surface area (Å²) in [6.07, 6.45) is 0. The fraction of sp³-hybridized carbons (Fsp3) is 0.294. The summed E-state index contributed by atoms with van der Waals surface area (Å²) in [4.78, 5) is 1.87. The van der Waals surface area contributed by atoms with E-state index in [9.17, 15) is 17.2 Å². The molecule has 1 saturated heterocycles. The van der Waals surface area contributed by atoms with Crippen LogP contribution >= 0.6 is 0 Å². The van der Waals surface area contributed by atoms with E-state index < -0.39 is 21.7 Å². The lowest BCUT2D eigenvalue weighted by Gasteiger charge is -2.39. The van der Waals surface area contributed by atoms with Gasteiger partial charge in [-0.25, -0.2) is 17.2 Å². The van der Waals surface area contributed by atoms with Crippen LogP contribution in [0.15, 0.2) is 53.4 Å². The molecule has 24 heavy (non-hydrogen) atoms. The van der Waals surface area contributed by atoms with E-state index in [4.69, 9.17) is 0 Å². The number of rotatable bonds is 3. The van der Waals surface area contributed by atoms with Crippen molar-refractivity contribution in [3.05, 3.63) is 65.7 Å². The van der Waals surface area contributed by atoms with Crippen LogP contribution in [-0.4, -0.2) is 44.3 Å². The Hall–Kier alpha value is -1.83. The van der Waals surface area contributed by atoms with Gasteiger partial charge in [-0.3, -0.25) is 4.90 Å². The van der Waals surface area contributed by atoms with Gasteiger partial charge in [0.1, 0.15) is 0 Å². The normalized spacial score (nSPS) is 20.2. The molecule has 2 aromatic carbocycles. The van der Waals surface area contributed by atoms with Crippen molar-refractivity contribution >= 4 is 10.0 Å². The Bertz CT molecular complexity index is 828. The Balaban J connectivity index is 1.89. The zero-order valence-electron chi connectivity index (χ0n) is 13.2. The number of benzene rings is 2. The quantitative estimate of drug-likeness (QED) is 0.853. The number of piperazine rings is 1. The molecule has 1 atom stereocenters. The third-order valence-corrected chi connectivity index (χ3v) is 6.19. The number of sulfonamides is 1. The van der Waals surface area contributed by atoms with Gasteiger partial charge in [-0.05, 0) is 30.8 Å². The summed E-state index contributed by atoms with van der Waals surface area (Å²) in [5, 5.41) is 0. The first-order valence-electron chi connectivity index (χ1n) is 7.60. The van der Waals surface area contributed by atoms with Crippen molar-refractivity contribution in [2.45, 2.75) is 10.9 Å². The minimum Gasteiger partial charge on any atom is -0.297 e. The Labute approximate surface area is 140 Å². The van der Waals surface area contributed by atoms with E-state index in [1.807, 2.05) is 37.4 Å². The summed E-state index contributed by atoms with van der Waals surface area (Å²) in [5.74, 6) is -2.22. The van der Waals surface area contributed by atoms with Gasteiger partial charge in [-0.2, -0.15) is 4.31 Å². The molecule has 1 aliphatic heterocycles. The number of nitrogens with zero attached hydrogens (tertiary/aromatic N) is 2. The van der Waals surface area contributed by atoms with Crippen LogP contribution in [0.25, 0.3) is 0 Å². The molecular weight excluding hydrogens is 334 g/mol. The second kappa shape index (κ2) is 6.58. The Kier molecular flexibility index (Phi) is 4.67. The Morgan fingerprint density at radius 1 is 1.00 bits per heavy atom. The molecule has 0 saturated carbocycles. The predicted octanol–water partition coefficient (Wildman–Crippen LogP) is 2.64. The lowest BCUT2D eigenvalue weighted by Crippen LogP contribution is -2.48. The molecule has 1 fully saturated rings. The molecular formula is C17H18F2N2O2S. The summed E-state index contributed by atoms with van der Waals surface area (Å²) < 4.78 is 53.3. The number of hydrogen-bond donors (Lipinski definition) is 0. The maximum atomic E-state index is 13.4. The smallest absolute Gasteiger partial charge is 0.243 e. The lowest BCUT2D eigenvalue weighted by molar-refractivity contribution is 0.148. The van der Waals surface area contributed by atoms with Crippen LogP contribution in [0.2, 0.25) is 0 Å². The molecule has 0 amide bonds. The highest BCUT2D eigenvalue weighted by molar-refractivity contribution is 7.89. The van der Waals surface area contributed by atoms with Crippen molar-refractivity contribution in [3.63, 3.8) is 0 Å². The molecule has 1 heterocycles. The SMILES string of the molecule is CN1CCN(S(=O)(=O)c2ccc(F)c(F)c2)CC1c1ccccc1. The van der Waals surface area contributed by atoms with Gasteiger partial charge in [0.15, 0.2) is 11.6 Å². The molecule has 2 aromatic rings. The number of halogens is 2. The summed E-state index contributed by atoms with van der Waals surface area (Å²) in [6, 6.07) is 12.2. The average Bonchev–Trinajstić information content (AvgIpc) is 2.58. The molecule has 1 aliphatic rings. The monoisotopic (exact) mass is 352 g/mol. The van der Waals surface area contributed by atoms with E-state index in [2.05, 4.69) is 4.90 Å². The molecule has 3 rings (SSSR count). The summed E-state index contributed by atoms with van der Waals surface area (Å²) in [7, 11) is -1.92. The second-order valence-electron chi connectivity index (χ2n) is 5.85. The van der Waals surface area contributed by atoms with Crippen molar-refractivity contribution in [1.29, 1.82) is 0 Å². The molecule has 0 aromatic heterocycles. The molecule has 7 heteroatoms. The van der Waals surface area contributed by atoms with Crippen molar-refractivity contribution < 1.29 is 17.2 Å². The van der Waals surface area contributed by atoms with Crippen LogP contribution in [0.3, 0.4) is 0 Å². The Morgan fingerprint density at radius 2 is 1.71 bits per heavy atom. The second-order valence-corrected chi connectivity index (χ2v) is 7.78. The highest BCUT2D eigenvalue weighted by Crippen LogP contribution is 2.28. The minimum atomic E-state index is -3.87. The molecule has 128 valence electrons. The van der Waals surface area contributed by atoms with Gasteiger partial charge in [0.2, 0.25) is 10.0 Å².